The fourth-order valence-electron chi connectivity index (χ4n) is 5.40. The molecule has 0 spiro atoms. The maximum absolute atomic E-state index is 13.0. The molecular weight excluding hydrogens is 570 g/mol. The Morgan fingerprint density at radius 1 is 1.18 bits per heavy atom. The van der Waals surface area contributed by atoms with Crippen molar-refractivity contribution in [1.82, 2.24) is 5.32 Å². The number of nitrogens with one attached hydrogen (secondary N) is 2. The number of hydrogen-bond acceptors (Lipinski definition) is 8. The summed E-state index contributed by atoms with van der Waals surface area (Å²) in [7, 11) is 3.52. The molecule has 9 N–H and O–H groups in total. The van der Waals surface area contributed by atoms with E-state index in [1.165, 1.54) is 19.3 Å². The molecule has 0 radical (unpaired) electrons. The average Bonchev–Trinajstić information content (AvgIpc) is 3.08. The lowest BCUT2D eigenvalue weighted by Crippen LogP contribution is -2.38. The molecule has 0 saturated heterocycles. The van der Waals surface area contributed by atoms with Gasteiger partial charge in [-0.1, -0.05) is 39.2 Å². The van der Waals surface area contributed by atoms with Crippen LogP contribution in [0.15, 0.2) is 66.5 Å². The molecule has 1 fully saturated rings. The number of benzene rings is 2. The lowest BCUT2D eigenvalue weighted by atomic mass is 9.92. The summed E-state index contributed by atoms with van der Waals surface area (Å²) in [6.07, 6.45) is 13.2. The summed E-state index contributed by atoms with van der Waals surface area (Å²) < 4.78 is 5.06. The van der Waals surface area contributed by atoms with Gasteiger partial charge in [0.25, 0.3) is 12.4 Å². The van der Waals surface area contributed by atoms with Crippen molar-refractivity contribution in [2.24, 2.45) is 16.7 Å². The molecule has 248 valence electrons. The van der Waals surface area contributed by atoms with Crippen LogP contribution in [0.4, 0.5) is 17.1 Å². The zero-order chi connectivity index (χ0) is 33.6. The van der Waals surface area contributed by atoms with E-state index >= 15 is 0 Å². The van der Waals surface area contributed by atoms with Crippen molar-refractivity contribution in [3.8, 4) is 0 Å². The van der Waals surface area contributed by atoms with Crippen LogP contribution in [0.5, 0.6) is 0 Å². The van der Waals surface area contributed by atoms with Gasteiger partial charge in [-0.05, 0) is 73.7 Å². The number of nitrogens with zero attached hydrogens (tertiary/aromatic N) is 2. The van der Waals surface area contributed by atoms with Crippen LogP contribution in [0.2, 0.25) is 0 Å². The third-order valence-corrected chi connectivity index (χ3v) is 7.56. The lowest BCUT2D eigenvalue weighted by Gasteiger charge is -2.37. The van der Waals surface area contributed by atoms with Gasteiger partial charge in [-0.3, -0.25) is 9.59 Å². The van der Waals surface area contributed by atoms with E-state index in [9.17, 15) is 4.79 Å². The Bertz CT molecular complexity index is 1240. The minimum absolute atomic E-state index is 0.0167. The SMILES string of the molecule is C=CC(CCNC(=O)c1ccc(N(CC/C=C\OC)C2CCCCC2)c(N)c1)c1cc(/C(N)=N/N)ccc1NC.CC.O=CO. The molecule has 11 heteroatoms. The minimum atomic E-state index is -0.250. The fraction of sp³-hybridized carbons (Fsp3) is 0.441. The highest BCUT2D eigenvalue weighted by molar-refractivity contribution is 5.98. The second-order valence-electron chi connectivity index (χ2n) is 10.2. The molecule has 1 aliphatic rings. The highest BCUT2D eigenvalue weighted by Gasteiger charge is 2.23. The van der Waals surface area contributed by atoms with Gasteiger partial charge < -0.3 is 42.7 Å². The minimum Gasteiger partial charge on any atom is -0.505 e. The first-order valence-electron chi connectivity index (χ1n) is 15.5. The van der Waals surface area contributed by atoms with Crippen molar-refractivity contribution in [1.29, 1.82) is 0 Å². The molecule has 1 atom stereocenters. The molecule has 0 bridgehead atoms. The Balaban J connectivity index is 0.00000191. The van der Waals surface area contributed by atoms with Gasteiger partial charge in [-0.2, -0.15) is 5.10 Å². The van der Waals surface area contributed by atoms with E-state index in [1.807, 2.05) is 63.4 Å². The molecule has 1 saturated carbocycles. The van der Waals surface area contributed by atoms with Gasteiger partial charge in [-0.15, -0.1) is 6.58 Å². The number of anilines is 3. The van der Waals surface area contributed by atoms with Crippen LogP contribution in [-0.4, -0.2) is 56.6 Å². The first-order valence-corrected chi connectivity index (χ1v) is 15.5. The molecule has 3 rings (SSSR count). The van der Waals surface area contributed by atoms with Crippen LogP contribution in [-0.2, 0) is 9.53 Å². The Kier molecular flexibility index (Phi) is 18.7. The average molecular weight is 624 g/mol. The summed E-state index contributed by atoms with van der Waals surface area (Å²) >= 11 is 0. The maximum atomic E-state index is 13.0. The number of rotatable bonds is 14. The second-order valence-corrected chi connectivity index (χ2v) is 10.2. The first-order chi connectivity index (χ1) is 21.8. The third-order valence-electron chi connectivity index (χ3n) is 7.56. The fourth-order valence-corrected chi connectivity index (χ4v) is 5.40. The molecular formula is C34H53N7O4. The number of hydrazone groups is 1. The largest absolute Gasteiger partial charge is 0.505 e. The third kappa shape index (κ3) is 12.1. The van der Waals surface area contributed by atoms with Crippen molar-refractivity contribution >= 4 is 35.3 Å². The quantitative estimate of drug-likeness (QED) is 0.0235. The van der Waals surface area contributed by atoms with Crippen LogP contribution < -0.4 is 32.8 Å². The number of hydrogen-bond donors (Lipinski definition) is 6. The molecule has 0 heterocycles. The second kappa shape index (κ2) is 21.9. The smallest absolute Gasteiger partial charge is 0.290 e. The van der Waals surface area contributed by atoms with E-state index in [0.29, 0.717) is 30.3 Å². The topological polar surface area (TPSA) is 181 Å². The highest BCUT2D eigenvalue weighted by atomic mass is 16.5. The Hall–Kier alpha value is -4.67. The van der Waals surface area contributed by atoms with Gasteiger partial charge >= 0.3 is 0 Å². The van der Waals surface area contributed by atoms with Crippen molar-refractivity contribution in [3.63, 3.8) is 0 Å². The standard InChI is InChI=1S/C31H45N7O2.C2H6.CH2O2/c1-4-22(26-20-23(30(33)37-34)12-14-28(26)35-2)16-17-36-31(39)24-13-15-29(27(32)21-24)38(18-8-9-19-40-3)25-10-6-5-7-11-25;1-2;2-1-3/h4,9,12-15,19-22,25,35H,1,5-8,10-11,16-18,32,34H2,2-3H3,(H2,33,37)(H,36,39);1-2H3;1H,(H,2,3)/b19-9-;;. The number of methoxy groups -OCH3 is 1. The van der Waals surface area contributed by atoms with Crippen molar-refractivity contribution in [3.05, 3.63) is 78.1 Å². The normalized spacial score (nSPS) is 13.7. The lowest BCUT2D eigenvalue weighted by molar-refractivity contribution is -0.122. The summed E-state index contributed by atoms with van der Waals surface area (Å²) in [5, 5.41) is 16.7. The summed E-state index contributed by atoms with van der Waals surface area (Å²) in [4.78, 5) is 23.8. The van der Waals surface area contributed by atoms with E-state index in [4.69, 9.17) is 31.9 Å². The summed E-state index contributed by atoms with van der Waals surface area (Å²) in [5.41, 5.74) is 17.3. The number of ether oxygens (including phenoxy) is 1. The van der Waals surface area contributed by atoms with Crippen LogP contribution in [0, 0.1) is 0 Å². The van der Waals surface area contributed by atoms with Crippen molar-refractivity contribution < 1.29 is 19.4 Å². The van der Waals surface area contributed by atoms with Crippen molar-refractivity contribution in [2.75, 3.05) is 43.2 Å². The molecule has 2 aromatic carbocycles. The first kappa shape index (κ1) is 38.4. The number of amidine groups is 1. The molecule has 1 unspecified atom stereocenters. The predicted molar refractivity (Wildman–Crippen MR) is 187 cm³/mol. The molecule has 0 aromatic heterocycles. The van der Waals surface area contributed by atoms with Gasteiger partial charge in [0.1, 0.15) is 5.84 Å². The summed E-state index contributed by atoms with van der Waals surface area (Å²) in [6.45, 7) is 9.07. The Morgan fingerprint density at radius 3 is 2.42 bits per heavy atom. The van der Waals surface area contributed by atoms with Crippen LogP contribution >= 0.6 is 0 Å². The van der Waals surface area contributed by atoms with E-state index in [1.54, 1.807) is 19.4 Å². The number of carbonyl (C=O) groups is 2. The zero-order valence-electron chi connectivity index (χ0n) is 27.3. The molecule has 0 aliphatic heterocycles. The van der Waals surface area contributed by atoms with Gasteiger partial charge in [0.05, 0.1) is 24.7 Å². The summed E-state index contributed by atoms with van der Waals surface area (Å²) in [5.74, 6) is 5.45. The monoisotopic (exact) mass is 623 g/mol. The summed E-state index contributed by atoms with van der Waals surface area (Å²) in [6, 6.07) is 11.8. The Labute approximate surface area is 268 Å². The van der Waals surface area contributed by atoms with E-state index in [0.717, 1.165) is 48.3 Å². The molecule has 11 nitrogen and oxygen atoms in total. The molecule has 2 aromatic rings. The molecule has 1 amide bonds. The maximum Gasteiger partial charge on any atom is 0.290 e. The van der Waals surface area contributed by atoms with Crippen molar-refractivity contribution in [2.45, 2.75) is 70.8 Å². The van der Waals surface area contributed by atoms with Crippen LogP contribution in [0.3, 0.4) is 0 Å². The molecule has 1 aliphatic carbocycles. The Morgan fingerprint density at radius 2 is 1.84 bits per heavy atom. The van der Waals surface area contributed by atoms with Crippen LogP contribution in [0.25, 0.3) is 0 Å². The van der Waals surface area contributed by atoms with Gasteiger partial charge in [0, 0.05) is 48.9 Å². The predicted octanol–water partition coefficient (Wildman–Crippen LogP) is 5.40. The number of carbonyl (C=O) groups excluding carboxylic acids is 1. The number of nitrogens with two attached hydrogens (primary N) is 3. The van der Waals surface area contributed by atoms with E-state index in [-0.39, 0.29) is 24.1 Å². The van der Waals surface area contributed by atoms with Gasteiger partial charge in [-0.25, -0.2) is 0 Å². The number of amides is 1. The number of carboxylic acid groups (broad SMARTS) is 1. The molecule has 45 heavy (non-hydrogen) atoms. The van der Waals surface area contributed by atoms with E-state index in [2.05, 4.69) is 27.2 Å². The highest BCUT2D eigenvalue weighted by Crippen LogP contribution is 2.32. The van der Waals surface area contributed by atoms with Crippen LogP contribution in [0.1, 0.15) is 86.2 Å². The van der Waals surface area contributed by atoms with E-state index < -0.39 is 0 Å². The number of nitrogen functional groups attached to an aromatic ring is 1. The van der Waals surface area contributed by atoms with Gasteiger partial charge in [0.2, 0.25) is 0 Å². The zero-order valence-corrected chi connectivity index (χ0v) is 27.3. The van der Waals surface area contributed by atoms with Gasteiger partial charge in [0.15, 0.2) is 0 Å². The number of allylic oxidation sites excluding steroid dienone is 1.